The van der Waals surface area contributed by atoms with Gasteiger partial charge in [-0.2, -0.15) is 0 Å². The Labute approximate surface area is 183 Å². The molecule has 174 valence electrons. The predicted molar refractivity (Wildman–Crippen MR) is 130 cm³/mol. The summed E-state index contributed by atoms with van der Waals surface area (Å²) < 4.78 is 0. The average Bonchev–Trinajstić information content (AvgIpc) is 2.70. The van der Waals surface area contributed by atoms with Gasteiger partial charge >= 0.3 is 0 Å². The first-order valence-electron chi connectivity index (χ1n) is 13.1. The molecule has 0 aromatic heterocycles. The second kappa shape index (κ2) is 22.1. The van der Waals surface area contributed by atoms with Gasteiger partial charge in [0.1, 0.15) is 0 Å². The Morgan fingerprint density at radius 3 is 1.66 bits per heavy atom. The molecule has 1 amide bonds. The van der Waals surface area contributed by atoms with Crippen LogP contribution >= 0.6 is 0 Å². The molecule has 1 N–H and O–H groups in total. The fraction of sp³-hybridized carbons (Fsp3) is 0.962. The lowest BCUT2D eigenvalue weighted by molar-refractivity contribution is -0.121. The molecule has 0 unspecified atom stereocenters. The monoisotopic (exact) mass is 410 g/mol. The molecule has 0 atom stereocenters. The third kappa shape index (κ3) is 21.9. The van der Waals surface area contributed by atoms with Crippen molar-refractivity contribution in [3.8, 4) is 0 Å². The molecule has 3 heteroatoms. The van der Waals surface area contributed by atoms with Crippen LogP contribution in [0.5, 0.6) is 0 Å². The number of unbranched alkanes of at least 4 members (excludes halogenated alkanes) is 12. The highest BCUT2D eigenvalue weighted by atomic mass is 16.1. The zero-order valence-electron chi connectivity index (χ0n) is 20.6. The minimum Gasteiger partial charge on any atom is -0.356 e. The van der Waals surface area contributed by atoms with Crippen LogP contribution in [0.15, 0.2) is 0 Å². The molecule has 0 aliphatic carbocycles. The predicted octanol–water partition coefficient (Wildman–Crippen LogP) is 7.34. The van der Waals surface area contributed by atoms with Crippen LogP contribution < -0.4 is 5.32 Å². The number of nitrogens with one attached hydrogen (secondary N) is 1. The molecule has 0 aliphatic rings. The number of rotatable bonds is 22. The molecular weight excluding hydrogens is 356 g/mol. The summed E-state index contributed by atoms with van der Waals surface area (Å²) in [5, 5.41) is 3.08. The quantitative estimate of drug-likeness (QED) is 0.189. The van der Waals surface area contributed by atoms with Crippen molar-refractivity contribution in [2.24, 2.45) is 5.92 Å². The van der Waals surface area contributed by atoms with Gasteiger partial charge in [-0.05, 0) is 44.8 Å². The molecule has 0 aromatic rings. The minimum atomic E-state index is 0.251. The lowest BCUT2D eigenvalue weighted by atomic mass is 10.0. The summed E-state index contributed by atoms with van der Waals surface area (Å²) in [5.74, 6) is 1.12. The van der Waals surface area contributed by atoms with E-state index in [2.05, 4.69) is 37.9 Å². The Hall–Kier alpha value is -0.570. The highest BCUT2D eigenvalue weighted by molar-refractivity contribution is 5.75. The first-order chi connectivity index (χ1) is 14.1. The van der Waals surface area contributed by atoms with Crippen molar-refractivity contribution >= 4 is 5.91 Å². The molecule has 0 heterocycles. The Bertz CT molecular complexity index is 340. The molecular formula is C26H54N2O. The van der Waals surface area contributed by atoms with Crippen molar-refractivity contribution in [1.29, 1.82) is 0 Å². The number of nitrogens with zero attached hydrogens (tertiary/aromatic N) is 1. The van der Waals surface area contributed by atoms with Crippen molar-refractivity contribution in [3.63, 3.8) is 0 Å². The topological polar surface area (TPSA) is 32.3 Å². The lowest BCUT2D eigenvalue weighted by Gasteiger charge is -2.17. The van der Waals surface area contributed by atoms with Gasteiger partial charge in [0.15, 0.2) is 0 Å². The van der Waals surface area contributed by atoms with Gasteiger partial charge in [0.25, 0.3) is 0 Å². The fourth-order valence-corrected chi connectivity index (χ4v) is 3.92. The molecule has 0 bridgehead atoms. The van der Waals surface area contributed by atoms with E-state index in [1.807, 2.05) is 0 Å². The van der Waals surface area contributed by atoms with Crippen molar-refractivity contribution in [1.82, 2.24) is 10.2 Å². The highest BCUT2D eigenvalue weighted by Crippen LogP contribution is 2.14. The number of hydrogen-bond acceptors (Lipinski definition) is 2. The molecule has 0 saturated heterocycles. The van der Waals surface area contributed by atoms with E-state index < -0.39 is 0 Å². The van der Waals surface area contributed by atoms with Gasteiger partial charge in [0.05, 0.1) is 0 Å². The van der Waals surface area contributed by atoms with Gasteiger partial charge in [-0.1, -0.05) is 105 Å². The van der Waals surface area contributed by atoms with Gasteiger partial charge in [-0.15, -0.1) is 0 Å². The van der Waals surface area contributed by atoms with Gasteiger partial charge in [0.2, 0.25) is 5.91 Å². The maximum Gasteiger partial charge on any atom is 0.219 e. The number of carbonyl (C=O) groups is 1. The normalized spacial score (nSPS) is 11.5. The summed E-state index contributed by atoms with van der Waals surface area (Å²) in [7, 11) is 0. The van der Waals surface area contributed by atoms with E-state index in [-0.39, 0.29) is 5.91 Å². The largest absolute Gasteiger partial charge is 0.356 e. The standard InChI is InChI=1S/C26H54N2O/c1-5-28(6-2)24-20-19-23-27-26(29)22-18-16-14-12-10-8-7-9-11-13-15-17-21-25(3)4/h25H,5-24H2,1-4H3,(H,27,29). The second-order valence-electron chi connectivity index (χ2n) is 9.26. The van der Waals surface area contributed by atoms with E-state index >= 15 is 0 Å². The molecule has 0 radical (unpaired) electrons. The molecule has 0 spiro atoms. The Morgan fingerprint density at radius 1 is 0.690 bits per heavy atom. The van der Waals surface area contributed by atoms with Crippen LogP contribution in [0, 0.1) is 5.92 Å². The third-order valence-electron chi connectivity index (χ3n) is 6.05. The smallest absolute Gasteiger partial charge is 0.219 e. The Morgan fingerprint density at radius 2 is 1.17 bits per heavy atom. The van der Waals surface area contributed by atoms with Crippen molar-refractivity contribution in [3.05, 3.63) is 0 Å². The average molecular weight is 411 g/mol. The molecule has 0 aromatic carbocycles. The van der Waals surface area contributed by atoms with E-state index in [4.69, 9.17) is 0 Å². The van der Waals surface area contributed by atoms with Gasteiger partial charge in [-0.25, -0.2) is 0 Å². The van der Waals surface area contributed by atoms with E-state index in [9.17, 15) is 4.79 Å². The van der Waals surface area contributed by atoms with E-state index in [1.165, 1.54) is 83.5 Å². The van der Waals surface area contributed by atoms with Gasteiger partial charge in [0, 0.05) is 13.0 Å². The Balaban J connectivity index is 3.21. The van der Waals surface area contributed by atoms with Crippen LogP contribution in [0.3, 0.4) is 0 Å². The van der Waals surface area contributed by atoms with Gasteiger partial charge < -0.3 is 10.2 Å². The summed E-state index contributed by atoms with van der Waals surface area (Å²) in [4.78, 5) is 14.3. The number of amides is 1. The number of hydrogen-bond donors (Lipinski definition) is 1. The van der Waals surface area contributed by atoms with Crippen LogP contribution in [-0.2, 0) is 4.79 Å². The van der Waals surface area contributed by atoms with Crippen LogP contribution in [0.4, 0.5) is 0 Å². The summed E-state index contributed by atoms with van der Waals surface area (Å²) in [6.45, 7) is 13.3. The summed E-state index contributed by atoms with van der Waals surface area (Å²) in [5.41, 5.74) is 0. The number of carbonyl (C=O) groups excluding carboxylic acids is 1. The minimum absolute atomic E-state index is 0.251. The van der Waals surface area contributed by atoms with E-state index in [0.717, 1.165) is 44.9 Å². The van der Waals surface area contributed by atoms with Crippen molar-refractivity contribution in [2.75, 3.05) is 26.2 Å². The van der Waals surface area contributed by atoms with Crippen molar-refractivity contribution < 1.29 is 4.79 Å². The SMILES string of the molecule is CCN(CC)CCCCNC(=O)CCCCCCCCCCCCCCC(C)C. The van der Waals surface area contributed by atoms with Crippen molar-refractivity contribution in [2.45, 2.75) is 130 Å². The van der Waals surface area contributed by atoms with Gasteiger partial charge in [-0.3, -0.25) is 4.79 Å². The molecule has 29 heavy (non-hydrogen) atoms. The summed E-state index contributed by atoms with van der Waals surface area (Å²) in [6.07, 6.45) is 20.7. The molecule has 0 rings (SSSR count). The first kappa shape index (κ1) is 28.4. The van der Waals surface area contributed by atoms with E-state index in [1.54, 1.807) is 0 Å². The molecule has 0 aliphatic heterocycles. The van der Waals surface area contributed by atoms with Crippen LogP contribution in [0.1, 0.15) is 130 Å². The van der Waals surface area contributed by atoms with Crippen LogP contribution in [0.2, 0.25) is 0 Å². The molecule has 3 nitrogen and oxygen atoms in total. The highest BCUT2D eigenvalue weighted by Gasteiger charge is 2.02. The first-order valence-corrected chi connectivity index (χ1v) is 13.1. The summed E-state index contributed by atoms with van der Waals surface area (Å²) in [6, 6.07) is 0. The maximum atomic E-state index is 11.9. The van der Waals surface area contributed by atoms with Crippen LogP contribution in [0.25, 0.3) is 0 Å². The van der Waals surface area contributed by atoms with Crippen LogP contribution in [-0.4, -0.2) is 37.0 Å². The third-order valence-corrected chi connectivity index (χ3v) is 6.05. The summed E-state index contributed by atoms with van der Waals surface area (Å²) >= 11 is 0. The molecule has 0 saturated carbocycles. The molecule has 0 fully saturated rings. The zero-order chi connectivity index (χ0) is 21.6. The second-order valence-corrected chi connectivity index (χ2v) is 9.26. The maximum absolute atomic E-state index is 11.9. The lowest BCUT2D eigenvalue weighted by Crippen LogP contribution is -2.27. The Kier molecular flexibility index (Phi) is 21.7. The van der Waals surface area contributed by atoms with E-state index in [0.29, 0.717) is 6.42 Å². The zero-order valence-corrected chi connectivity index (χ0v) is 20.6. The fourth-order valence-electron chi connectivity index (χ4n) is 3.92.